The third-order valence-corrected chi connectivity index (χ3v) is 7.14. The van der Waals surface area contributed by atoms with Crippen LogP contribution in [0.25, 0.3) is 11.3 Å². The smallest absolute Gasteiger partial charge is 0.243 e. The Bertz CT molecular complexity index is 1370. The summed E-state index contributed by atoms with van der Waals surface area (Å²) in [6, 6.07) is 15.7. The van der Waals surface area contributed by atoms with E-state index in [9.17, 15) is 9.59 Å². The van der Waals surface area contributed by atoms with Crippen LogP contribution in [-0.2, 0) is 9.59 Å². The Kier molecular flexibility index (Phi) is 8.70. The summed E-state index contributed by atoms with van der Waals surface area (Å²) in [7, 11) is 1.57. The first-order valence-electron chi connectivity index (χ1n) is 11.1. The number of rotatable bonds is 9. The van der Waals surface area contributed by atoms with Gasteiger partial charge in [0.1, 0.15) is 22.5 Å². The van der Waals surface area contributed by atoms with Crippen molar-refractivity contribution in [3.63, 3.8) is 0 Å². The van der Waals surface area contributed by atoms with Gasteiger partial charge in [0.25, 0.3) is 0 Å². The van der Waals surface area contributed by atoms with E-state index in [2.05, 4.69) is 22.1 Å². The minimum absolute atomic E-state index is 0.0168. The molecule has 2 aromatic carbocycles. The molecule has 1 atom stereocenters. The fraction of sp³-hybridized carbons (Fsp3) is 0.154. The van der Waals surface area contributed by atoms with Crippen LogP contribution in [-0.4, -0.2) is 47.0 Å². The zero-order chi connectivity index (χ0) is 26.4. The lowest BCUT2D eigenvalue weighted by Gasteiger charge is -2.12. The molecule has 2 amide bonds. The number of carbonyl (C=O) groups excluding carboxylic acids is 2. The molecule has 1 aliphatic rings. The summed E-state index contributed by atoms with van der Waals surface area (Å²) in [6.45, 7) is 3.95. The van der Waals surface area contributed by atoms with Crippen molar-refractivity contribution in [2.24, 2.45) is 10.2 Å². The van der Waals surface area contributed by atoms with Gasteiger partial charge in [0.15, 0.2) is 5.17 Å². The maximum absolute atomic E-state index is 12.9. The zero-order valence-electron chi connectivity index (χ0n) is 19.7. The third kappa shape index (κ3) is 6.62. The molecule has 2 heterocycles. The molecule has 1 aromatic heterocycles. The number of hydrogen-bond acceptors (Lipinski definition) is 7. The second-order valence-electron chi connectivity index (χ2n) is 7.78. The number of ether oxygens (including phenoxy) is 1. The first-order valence-corrected chi connectivity index (χ1v) is 12.7. The Morgan fingerprint density at radius 1 is 1.19 bits per heavy atom. The van der Waals surface area contributed by atoms with Gasteiger partial charge in [0.05, 0.1) is 23.4 Å². The molecule has 3 aromatic rings. The number of amides is 2. The zero-order valence-corrected chi connectivity index (χ0v) is 22.0. The van der Waals surface area contributed by atoms with E-state index in [0.717, 1.165) is 5.56 Å². The second-order valence-corrected chi connectivity index (χ2v) is 9.77. The molecule has 1 fully saturated rings. The summed E-state index contributed by atoms with van der Waals surface area (Å²) in [5, 5.41) is 11.7. The van der Waals surface area contributed by atoms with Gasteiger partial charge in [0, 0.05) is 24.2 Å². The van der Waals surface area contributed by atoms with Crippen molar-refractivity contribution >= 4 is 63.8 Å². The predicted octanol–water partition coefficient (Wildman–Crippen LogP) is 6.11. The fourth-order valence-electron chi connectivity index (χ4n) is 3.43. The largest absolute Gasteiger partial charge is 0.497 e. The van der Waals surface area contributed by atoms with Crippen LogP contribution in [0.1, 0.15) is 12.2 Å². The maximum Gasteiger partial charge on any atom is 0.243 e. The lowest BCUT2D eigenvalue weighted by Crippen LogP contribution is -2.33. The van der Waals surface area contributed by atoms with Crippen molar-refractivity contribution in [2.75, 3.05) is 19.0 Å². The number of thioether (sulfide) groups is 1. The average Bonchev–Trinajstić information content (AvgIpc) is 3.47. The van der Waals surface area contributed by atoms with E-state index in [1.165, 1.54) is 22.9 Å². The number of nitrogens with zero attached hydrogens (tertiary/aromatic N) is 3. The molecule has 4 rings (SSSR count). The van der Waals surface area contributed by atoms with Gasteiger partial charge in [-0.25, -0.2) is 0 Å². The van der Waals surface area contributed by atoms with E-state index in [-0.39, 0.29) is 24.8 Å². The molecule has 1 N–H and O–H groups in total. The minimum atomic E-state index is -0.628. The van der Waals surface area contributed by atoms with E-state index in [4.69, 9.17) is 32.4 Å². The lowest BCUT2D eigenvalue weighted by atomic mass is 10.2. The van der Waals surface area contributed by atoms with Crippen molar-refractivity contribution < 1.29 is 18.7 Å². The van der Waals surface area contributed by atoms with Crippen LogP contribution in [0.15, 0.2) is 81.9 Å². The third-order valence-electron chi connectivity index (χ3n) is 5.24. The van der Waals surface area contributed by atoms with Gasteiger partial charge in [-0.1, -0.05) is 41.0 Å². The Hall–Kier alpha value is -3.53. The second kappa shape index (κ2) is 12.1. The number of anilines is 1. The van der Waals surface area contributed by atoms with Crippen molar-refractivity contribution in [2.45, 2.75) is 11.7 Å². The summed E-state index contributed by atoms with van der Waals surface area (Å²) in [5.41, 5.74) is 1.38. The summed E-state index contributed by atoms with van der Waals surface area (Å²) < 4.78 is 10.9. The van der Waals surface area contributed by atoms with Crippen LogP contribution in [0, 0.1) is 0 Å². The molecule has 0 aliphatic carbocycles. The monoisotopic (exact) mass is 556 g/mol. The van der Waals surface area contributed by atoms with Crippen molar-refractivity contribution in [3.05, 3.63) is 83.1 Å². The van der Waals surface area contributed by atoms with Crippen LogP contribution in [0.5, 0.6) is 5.75 Å². The lowest BCUT2D eigenvalue weighted by molar-refractivity contribution is -0.127. The van der Waals surface area contributed by atoms with Crippen molar-refractivity contribution in [1.29, 1.82) is 0 Å². The summed E-state index contributed by atoms with van der Waals surface area (Å²) >= 11 is 13.2. The van der Waals surface area contributed by atoms with E-state index >= 15 is 0 Å². The molecule has 1 saturated heterocycles. The molecule has 0 radical (unpaired) electrons. The highest BCUT2D eigenvalue weighted by Crippen LogP contribution is 2.31. The van der Waals surface area contributed by atoms with Crippen molar-refractivity contribution in [3.8, 4) is 17.1 Å². The van der Waals surface area contributed by atoms with Gasteiger partial charge in [-0.15, -0.1) is 11.7 Å². The normalized spacial score (nSPS) is 16.5. The van der Waals surface area contributed by atoms with E-state index in [0.29, 0.717) is 38.2 Å². The summed E-state index contributed by atoms with van der Waals surface area (Å²) in [4.78, 5) is 26.9. The van der Waals surface area contributed by atoms with Crippen molar-refractivity contribution in [1.82, 2.24) is 4.90 Å². The molecule has 37 heavy (non-hydrogen) atoms. The Labute approximate surface area is 228 Å². The number of nitrogens with one attached hydrogen (secondary N) is 1. The van der Waals surface area contributed by atoms with Gasteiger partial charge >= 0.3 is 0 Å². The number of methoxy groups -OCH3 is 1. The molecular weight excluding hydrogens is 535 g/mol. The van der Waals surface area contributed by atoms with Crippen LogP contribution < -0.4 is 10.1 Å². The molecular formula is C26H22Cl2N4O4S. The molecule has 11 heteroatoms. The van der Waals surface area contributed by atoms with E-state index < -0.39 is 5.25 Å². The molecule has 8 nitrogen and oxygen atoms in total. The highest BCUT2D eigenvalue weighted by Gasteiger charge is 2.38. The Morgan fingerprint density at radius 3 is 2.68 bits per heavy atom. The van der Waals surface area contributed by atoms with E-state index in [1.54, 1.807) is 67.8 Å². The van der Waals surface area contributed by atoms with E-state index in [1.807, 2.05) is 0 Å². The van der Waals surface area contributed by atoms with Gasteiger partial charge < -0.3 is 14.5 Å². The minimum Gasteiger partial charge on any atom is -0.497 e. The topological polar surface area (TPSA) is 96.5 Å². The van der Waals surface area contributed by atoms with Gasteiger partial charge in [-0.05, 0) is 54.6 Å². The first kappa shape index (κ1) is 26.5. The molecule has 1 unspecified atom stereocenters. The summed E-state index contributed by atoms with van der Waals surface area (Å²) in [5.74, 6) is 1.22. The average molecular weight is 557 g/mol. The Balaban J connectivity index is 1.41. The van der Waals surface area contributed by atoms with Crippen LogP contribution in [0.2, 0.25) is 10.0 Å². The highest BCUT2D eigenvalue weighted by atomic mass is 35.5. The number of benzene rings is 2. The van der Waals surface area contributed by atoms with Gasteiger partial charge in [-0.2, -0.15) is 5.10 Å². The standard InChI is InChI=1S/C26H22Cl2N4O4S/c1-3-12-32-25(34)23(14-24(33)30-17-5-7-18(35-2)8-6-17)37-26(32)31-29-15-19-9-11-22(36-19)16-4-10-20(27)21(28)13-16/h3-11,13,15,23H,1,12,14H2,2H3,(H,30,33)/b29-15+,31-26-. The van der Waals surface area contributed by atoms with Crippen LogP contribution >= 0.6 is 35.0 Å². The SMILES string of the molecule is C=CCN1C(=O)C(CC(=O)Nc2ccc(OC)cc2)S/C1=N\N=C\c1ccc(-c2ccc(Cl)c(Cl)c2)o1. The molecule has 1 aliphatic heterocycles. The molecule has 0 bridgehead atoms. The number of amidine groups is 1. The highest BCUT2D eigenvalue weighted by molar-refractivity contribution is 8.15. The number of carbonyl (C=O) groups is 2. The molecule has 0 spiro atoms. The number of halogens is 2. The molecule has 0 saturated carbocycles. The quantitative estimate of drug-likeness (QED) is 0.195. The first-order chi connectivity index (χ1) is 17.9. The van der Waals surface area contributed by atoms with Crippen LogP contribution in [0.3, 0.4) is 0 Å². The predicted molar refractivity (Wildman–Crippen MR) is 149 cm³/mol. The maximum atomic E-state index is 12.9. The number of furan rings is 1. The Morgan fingerprint density at radius 2 is 1.97 bits per heavy atom. The van der Waals surface area contributed by atoms with Crippen LogP contribution in [0.4, 0.5) is 5.69 Å². The molecule has 190 valence electrons. The summed E-state index contributed by atoms with van der Waals surface area (Å²) in [6.07, 6.45) is 3.01. The fourth-order valence-corrected chi connectivity index (χ4v) is 4.83. The number of hydrogen-bond donors (Lipinski definition) is 1. The van der Waals surface area contributed by atoms with Gasteiger partial charge in [0.2, 0.25) is 11.8 Å². The van der Waals surface area contributed by atoms with Gasteiger partial charge in [-0.3, -0.25) is 14.5 Å².